The van der Waals surface area contributed by atoms with Gasteiger partial charge < -0.3 is 15.8 Å². The maximum Gasteiger partial charge on any atom is 0.168 e. The molecule has 0 unspecified atom stereocenters. The molecule has 0 saturated carbocycles. The van der Waals surface area contributed by atoms with Gasteiger partial charge in [0.25, 0.3) is 0 Å². The molecule has 90 valence electrons. The van der Waals surface area contributed by atoms with Crippen LogP contribution >= 0.6 is 0 Å². The number of Topliss-reactive ketones (excluding diaryl/α,β-unsaturated/α-hetero) is 1. The topological polar surface area (TPSA) is 79.1 Å². The summed E-state index contributed by atoms with van der Waals surface area (Å²) in [6.07, 6.45) is 0.246. The summed E-state index contributed by atoms with van der Waals surface area (Å²) in [4.78, 5) is 15.2. The number of phenolic OH excluding ortho intramolecular Hbond substituents is 1. The minimum atomic E-state index is -0.113. The van der Waals surface area contributed by atoms with Crippen molar-refractivity contribution in [3.63, 3.8) is 0 Å². The number of fused-ring (bicyclic) bond motifs is 1. The molecule has 0 amide bonds. The molecule has 0 atom stereocenters. The molecule has 17 heavy (non-hydrogen) atoms. The summed E-state index contributed by atoms with van der Waals surface area (Å²) >= 11 is 0. The molecule has 0 fully saturated rings. The van der Waals surface area contributed by atoms with E-state index in [9.17, 15) is 9.90 Å². The number of benzene rings is 1. The van der Waals surface area contributed by atoms with Crippen LogP contribution < -0.4 is 5.73 Å². The van der Waals surface area contributed by atoms with E-state index < -0.39 is 0 Å². The first kappa shape index (κ1) is 11.7. The van der Waals surface area contributed by atoms with E-state index in [1.54, 1.807) is 12.1 Å². The first-order valence-corrected chi connectivity index (χ1v) is 5.60. The van der Waals surface area contributed by atoms with Crippen LogP contribution in [0.25, 0.3) is 10.9 Å². The zero-order valence-electron chi connectivity index (χ0n) is 10.0. The number of ketones is 1. The molecule has 0 aliphatic carbocycles. The quantitative estimate of drug-likeness (QED) is 0.708. The van der Waals surface area contributed by atoms with Gasteiger partial charge in [0.15, 0.2) is 5.78 Å². The van der Waals surface area contributed by atoms with E-state index in [-0.39, 0.29) is 24.5 Å². The number of hydrogen-bond donors (Lipinski definition) is 3. The van der Waals surface area contributed by atoms with Crippen molar-refractivity contribution < 1.29 is 9.90 Å². The molecule has 1 heterocycles. The van der Waals surface area contributed by atoms with Crippen LogP contribution in [0.3, 0.4) is 0 Å². The SMILES string of the molecule is Cc1[nH]c2ccc(O)c(C(=O)CCN)c2c1C. The predicted octanol–water partition coefficient (Wildman–Crippen LogP) is 2.02. The number of aryl methyl sites for hydroxylation is 2. The predicted molar refractivity (Wildman–Crippen MR) is 67.4 cm³/mol. The smallest absolute Gasteiger partial charge is 0.168 e. The molecule has 0 spiro atoms. The third-order valence-electron chi connectivity index (χ3n) is 3.09. The fourth-order valence-electron chi connectivity index (χ4n) is 2.11. The molecule has 0 radical (unpaired) electrons. The van der Waals surface area contributed by atoms with Crippen molar-refractivity contribution in [3.05, 3.63) is 29.0 Å². The number of aromatic amines is 1. The van der Waals surface area contributed by atoms with Crippen LogP contribution in [-0.2, 0) is 0 Å². The Morgan fingerprint density at radius 3 is 2.76 bits per heavy atom. The molecule has 4 N–H and O–H groups in total. The number of rotatable bonds is 3. The number of nitrogens with two attached hydrogens (primary N) is 1. The van der Waals surface area contributed by atoms with Gasteiger partial charge in [0.05, 0.1) is 5.56 Å². The van der Waals surface area contributed by atoms with Gasteiger partial charge in [0, 0.05) is 23.0 Å². The Hall–Kier alpha value is -1.81. The van der Waals surface area contributed by atoms with Crippen molar-refractivity contribution in [2.45, 2.75) is 20.3 Å². The molecule has 2 rings (SSSR count). The van der Waals surface area contributed by atoms with Crippen molar-refractivity contribution in [2.75, 3.05) is 6.54 Å². The van der Waals surface area contributed by atoms with Crippen molar-refractivity contribution >= 4 is 16.7 Å². The molecule has 4 nitrogen and oxygen atoms in total. The standard InChI is InChI=1S/C13H16N2O2/c1-7-8(2)15-9-3-4-10(16)13(12(7)9)11(17)5-6-14/h3-4,15-16H,5-6,14H2,1-2H3. The first-order valence-electron chi connectivity index (χ1n) is 5.60. The Balaban J connectivity index is 2.75. The van der Waals surface area contributed by atoms with Crippen LogP contribution in [0.2, 0.25) is 0 Å². The summed E-state index contributed by atoms with van der Waals surface area (Å²) in [5.74, 6) is -0.0873. The first-order chi connectivity index (χ1) is 8.06. The van der Waals surface area contributed by atoms with E-state index in [2.05, 4.69) is 4.98 Å². The highest BCUT2D eigenvalue weighted by atomic mass is 16.3. The second-order valence-corrected chi connectivity index (χ2v) is 4.22. The number of nitrogens with one attached hydrogen (secondary N) is 1. The van der Waals surface area contributed by atoms with E-state index in [1.165, 1.54) is 0 Å². The molecule has 2 aromatic rings. The Labute approximate surface area is 99.4 Å². The van der Waals surface area contributed by atoms with Gasteiger partial charge in [-0.25, -0.2) is 0 Å². The number of H-pyrrole nitrogens is 1. The minimum Gasteiger partial charge on any atom is -0.507 e. The second-order valence-electron chi connectivity index (χ2n) is 4.22. The second kappa shape index (κ2) is 4.22. The maximum absolute atomic E-state index is 12.0. The average Bonchev–Trinajstić information content (AvgIpc) is 2.56. The Morgan fingerprint density at radius 1 is 1.41 bits per heavy atom. The highest BCUT2D eigenvalue weighted by molar-refractivity contribution is 6.11. The number of carbonyl (C=O) groups is 1. The van der Waals surface area contributed by atoms with Crippen molar-refractivity contribution in [3.8, 4) is 5.75 Å². The number of hydrogen-bond acceptors (Lipinski definition) is 3. The summed E-state index contributed by atoms with van der Waals surface area (Å²) in [7, 11) is 0. The summed E-state index contributed by atoms with van der Waals surface area (Å²) < 4.78 is 0. The third kappa shape index (κ3) is 1.80. The van der Waals surface area contributed by atoms with Gasteiger partial charge in [0.2, 0.25) is 0 Å². The fourth-order valence-corrected chi connectivity index (χ4v) is 2.11. The summed E-state index contributed by atoms with van der Waals surface area (Å²) in [5.41, 5.74) is 8.65. The molecule has 4 heteroatoms. The van der Waals surface area contributed by atoms with Gasteiger partial charge in [-0.2, -0.15) is 0 Å². The number of carbonyl (C=O) groups excluding carboxylic acids is 1. The summed E-state index contributed by atoms with van der Waals surface area (Å²) in [6, 6.07) is 3.32. The van der Waals surface area contributed by atoms with Crippen LogP contribution in [-0.4, -0.2) is 22.4 Å². The zero-order valence-corrected chi connectivity index (χ0v) is 10.0. The third-order valence-corrected chi connectivity index (χ3v) is 3.09. The molecule has 1 aromatic carbocycles. The molecular formula is C13H16N2O2. The van der Waals surface area contributed by atoms with Crippen molar-refractivity contribution in [2.24, 2.45) is 5.73 Å². The van der Waals surface area contributed by atoms with E-state index in [0.717, 1.165) is 22.2 Å². The molecule has 1 aromatic heterocycles. The fraction of sp³-hybridized carbons (Fsp3) is 0.308. The Bertz CT molecular complexity index is 585. The highest BCUT2D eigenvalue weighted by Crippen LogP contribution is 2.31. The number of aromatic nitrogens is 1. The lowest BCUT2D eigenvalue weighted by atomic mass is 9.99. The maximum atomic E-state index is 12.0. The normalized spacial score (nSPS) is 11.0. The molecule has 0 aliphatic rings. The minimum absolute atomic E-state index is 0.0260. The van der Waals surface area contributed by atoms with Crippen LogP contribution in [0.4, 0.5) is 0 Å². The number of phenols is 1. The van der Waals surface area contributed by atoms with E-state index in [1.807, 2.05) is 13.8 Å². The molecule has 0 aliphatic heterocycles. The van der Waals surface area contributed by atoms with E-state index in [0.29, 0.717) is 5.56 Å². The van der Waals surface area contributed by atoms with Crippen molar-refractivity contribution in [1.29, 1.82) is 0 Å². The molecule has 0 bridgehead atoms. The van der Waals surface area contributed by atoms with E-state index >= 15 is 0 Å². The zero-order chi connectivity index (χ0) is 12.6. The Morgan fingerprint density at radius 2 is 2.12 bits per heavy atom. The molecule has 0 saturated heterocycles. The summed E-state index contributed by atoms with van der Waals surface area (Å²) in [6.45, 7) is 4.17. The average molecular weight is 232 g/mol. The lowest BCUT2D eigenvalue weighted by Gasteiger charge is -2.05. The lowest BCUT2D eigenvalue weighted by Crippen LogP contribution is -2.08. The van der Waals surface area contributed by atoms with Gasteiger partial charge in [-0.1, -0.05) is 0 Å². The van der Waals surface area contributed by atoms with Gasteiger partial charge in [-0.05, 0) is 38.1 Å². The van der Waals surface area contributed by atoms with Crippen LogP contribution in [0.1, 0.15) is 28.0 Å². The lowest BCUT2D eigenvalue weighted by molar-refractivity contribution is 0.0984. The monoisotopic (exact) mass is 232 g/mol. The van der Waals surface area contributed by atoms with Gasteiger partial charge in [-0.3, -0.25) is 4.79 Å². The van der Waals surface area contributed by atoms with Gasteiger partial charge >= 0.3 is 0 Å². The van der Waals surface area contributed by atoms with Gasteiger partial charge in [-0.15, -0.1) is 0 Å². The number of aromatic hydroxyl groups is 1. The largest absolute Gasteiger partial charge is 0.507 e. The molecular weight excluding hydrogens is 216 g/mol. The van der Waals surface area contributed by atoms with Crippen LogP contribution in [0, 0.1) is 13.8 Å². The van der Waals surface area contributed by atoms with Crippen LogP contribution in [0.15, 0.2) is 12.1 Å². The van der Waals surface area contributed by atoms with Crippen molar-refractivity contribution in [1.82, 2.24) is 4.98 Å². The van der Waals surface area contributed by atoms with Crippen LogP contribution in [0.5, 0.6) is 5.75 Å². The van der Waals surface area contributed by atoms with E-state index in [4.69, 9.17) is 5.73 Å². The highest BCUT2D eigenvalue weighted by Gasteiger charge is 2.18. The summed E-state index contributed by atoms with van der Waals surface area (Å²) in [5, 5.41) is 10.7. The van der Waals surface area contributed by atoms with Gasteiger partial charge in [0.1, 0.15) is 5.75 Å². The Kier molecular flexibility index (Phi) is 2.90.